The van der Waals surface area contributed by atoms with Crippen molar-refractivity contribution in [3.05, 3.63) is 33.8 Å². The number of amidine groups is 1. The van der Waals surface area contributed by atoms with Crippen LogP contribution in [-0.2, 0) is 6.54 Å². The molecule has 1 aromatic rings. The normalized spacial score (nSPS) is 11.3. The molecule has 3 N–H and O–H groups in total. The van der Waals surface area contributed by atoms with Gasteiger partial charge in [-0.25, -0.2) is 0 Å². The van der Waals surface area contributed by atoms with E-state index in [0.717, 1.165) is 25.2 Å². The maximum atomic E-state index is 7.32. The van der Waals surface area contributed by atoms with Gasteiger partial charge in [-0.3, -0.25) is 10.3 Å². The Labute approximate surface area is 125 Å². The van der Waals surface area contributed by atoms with E-state index in [-0.39, 0.29) is 5.84 Å². The van der Waals surface area contributed by atoms with E-state index in [0.29, 0.717) is 22.4 Å². The first kappa shape index (κ1) is 16.3. The number of nitrogens with one attached hydrogen (secondary N) is 1. The molecule has 0 radical (unpaired) electrons. The zero-order valence-electron chi connectivity index (χ0n) is 11.4. The average Bonchev–Trinajstić information content (AvgIpc) is 2.30. The summed E-state index contributed by atoms with van der Waals surface area (Å²) < 4.78 is 0. The number of hydrogen-bond acceptors (Lipinski definition) is 2. The Hall–Kier alpha value is -0.770. The second-order valence-electron chi connectivity index (χ2n) is 5.15. The molecule has 5 heteroatoms. The van der Waals surface area contributed by atoms with Gasteiger partial charge >= 0.3 is 0 Å². The zero-order valence-corrected chi connectivity index (χ0v) is 12.9. The van der Waals surface area contributed by atoms with Gasteiger partial charge in [0.2, 0.25) is 0 Å². The predicted molar refractivity (Wildman–Crippen MR) is 83.1 cm³/mol. The first-order chi connectivity index (χ1) is 8.88. The van der Waals surface area contributed by atoms with Gasteiger partial charge in [-0.05, 0) is 23.6 Å². The second-order valence-corrected chi connectivity index (χ2v) is 5.97. The van der Waals surface area contributed by atoms with Gasteiger partial charge in [0.1, 0.15) is 0 Å². The van der Waals surface area contributed by atoms with E-state index in [1.165, 1.54) is 0 Å². The quantitative estimate of drug-likeness (QED) is 0.595. The molecular formula is C14H21Cl2N3. The molecule has 0 aliphatic rings. The molecule has 0 aliphatic carbocycles. The van der Waals surface area contributed by atoms with Crippen molar-refractivity contribution in [1.29, 1.82) is 5.41 Å². The Bertz CT molecular complexity index is 433. The first-order valence-electron chi connectivity index (χ1n) is 6.37. The van der Waals surface area contributed by atoms with Crippen molar-refractivity contribution in [2.75, 3.05) is 13.1 Å². The lowest BCUT2D eigenvalue weighted by atomic mass is 10.1. The van der Waals surface area contributed by atoms with E-state index in [1.54, 1.807) is 0 Å². The Morgan fingerprint density at radius 1 is 1.32 bits per heavy atom. The van der Waals surface area contributed by atoms with Crippen LogP contribution >= 0.6 is 23.2 Å². The number of halogens is 2. The molecule has 0 aromatic heterocycles. The number of hydrogen-bond donors (Lipinski definition) is 2. The van der Waals surface area contributed by atoms with Crippen LogP contribution < -0.4 is 5.73 Å². The standard InChI is InChI=1S/C14H21Cl2N3/c1-10(2)8-19(6-5-14(17)18)9-11-3-4-12(15)13(16)7-11/h3-4,7,10H,5-6,8-9H2,1-2H3,(H3,17,18). The highest BCUT2D eigenvalue weighted by atomic mass is 35.5. The molecule has 1 aromatic carbocycles. The molecule has 0 fully saturated rings. The van der Waals surface area contributed by atoms with Gasteiger partial charge in [0, 0.05) is 26.1 Å². The number of nitrogens with zero attached hydrogens (tertiary/aromatic N) is 1. The lowest BCUT2D eigenvalue weighted by Gasteiger charge is -2.24. The maximum Gasteiger partial charge on any atom is 0.0918 e. The molecule has 0 atom stereocenters. The van der Waals surface area contributed by atoms with Gasteiger partial charge in [-0.2, -0.15) is 0 Å². The Morgan fingerprint density at radius 2 is 2.00 bits per heavy atom. The monoisotopic (exact) mass is 301 g/mol. The van der Waals surface area contributed by atoms with E-state index in [1.807, 2.05) is 18.2 Å². The number of nitrogens with two attached hydrogens (primary N) is 1. The van der Waals surface area contributed by atoms with Gasteiger partial charge in [0.05, 0.1) is 15.9 Å². The highest BCUT2D eigenvalue weighted by molar-refractivity contribution is 6.42. The second kappa shape index (κ2) is 7.73. The summed E-state index contributed by atoms with van der Waals surface area (Å²) >= 11 is 11.9. The number of rotatable bonds is 7. The molecule has 0 aliphatic heterocycles. The topological polar surface area (TPSA) is 53.1 Å². The van der Waals surface area contributed by atoms with Crippen molar-refractivity contribution in [1.82, 2.24) is 4.90 Å². The fraction of sp³-hybridized carbons (Fsp3) is 0.500. The van der Waals surface area contributed by atoms with Crippen LogP contribution in [0.25, 0.3) is 0 Å². The third kappa shape index (κ3) is 6.28. The Balaban J connectivity index is 2.69. The van der Waals surface area contributed by atoms with Crippen molar-refractivity contribution >= 4 is 29.0 Å². The van der Waals surface area contributed by atoms with Crippen LogP contribution in [0.3, 0.4) is 0 Å². The predicted octanol–water partition coefficient (Wildman–Crippen LogP) is 3.78. The minimum Gasteiger partial charge on any atom is -0.388 e. The van der Waals surface area contributed by atoms with Gasteiger partial charge in [0.25, 0.3) is 0 Å². The molecule has 1 rings (SSSR count). The summed E-state index contributed by atoms with van der Waals surface area (Å²) in [7, 11) is 0. The summed E-state index contributed by atoms with van der Waals surface area (Å²) in [5, 5.41) is 8.48. The van der Waals surface area contributed by atoms with Crippen molar-refractivity contribution in [3.8, 4) is 0 Å². The maximum absolute atomic E-state index is 7.32. The van der Waals surface area contributed by atoms with E-state index < -0.39 is 0 Å². The fourth-order valence-corrected chi connectivity index (χ4v) is 2.25. The van der Waals surface area contributed by atoms with E-state index >= 15 is 0 Å². The minimum atomic E-state index is 0.225. The van der Waals surface area contributed by atoms with Crippen LogP contribution in [0.4, 0.5) is 0 Å². The average molecular weight is 302 g/mol. The summed E-state index contributed by atoms with van der Waals surface area (Å²) in [6.45, 7) is 6.90. The summed E-state index contributed by atoms with van der Waals surface area (Å²) in [4.78, 5) is 2.28. The highest BCUT2D eigenvalue weighted by Gasteiger charge is 2.10. The van der Waals surface area contributed by atoms with Crippen LogP contribution in [0, 0.1) is 11.3 Å². The smallest absolute Gasteiger partial charge is 0.0918 e. The summed E-state index contributed by atoms with van der Waals surface area (Å²) in [5.74, 6) is 0.789. The van der Waals surface area contributed by atoms with Gasteiger partial charge in [0.15, 0.2) is 0 Å². The fourth-order valence-electron chi connectivity index (χ4n) is 1.93. The largest absolute Gasteiger partial charge is 0.388 e. The van der Waals surface area contributed by atoms with Gasteiger partial charge in [-0.1, -0.05) is 43.1 Å². The molecule has 0 spiro atoms. The van der Waals surface area contributed by atoms with Crippen LogP contribution in [0.2, 0.25) is 10.0 Å². The zero-order chi connectivity index (χ0) is 14.4. The summed E-state index contributed by atoms with van der Waals surface area (Å²) in [6, 6.07) is 5.69. The molecule has 0 amide bonds. The molecule has 0 bridgehead atoms. The third-order valence-corrected chi connectivity index (χ3v) is 3.45. The minimum absolute atomic E-state index is 0.225. The Morgan fingerprint density at radius 3 is 2.53 bits per heavy atom. The molecule has 0 heterocycles. The van der Waals surface area contributed by atoms with Crippen molar-refractivity contribution < 1.29 is 0 Å². The van der Waals surface area contributed by atoms with Gasteiger partial charge in [-0.15, -0.1) is 0 Å². The lowest BCUT2D eigenvalue weighted by molar-refractivity contribution is 0.242. The van der Waals surface area contributed by atoms with E-state index in [4.69, 9.17) is 34.3 Å². The van der Waals surface area contributed by atoms with E-state index in [2.05, 4.69) is 18.7 Å². The van der Waals surface area contributed by atoms with Gasteiger partial charge < -0.3 is 5.73 Å². The molecule has 19 heavy (non-hydrogen) atoms. The number of benzene rings is 1. The summed E-state index contributed by atoms with van der Waals surface area (Å²) in [6.07, 6.45) is 0.591. The van der Waals surface area contributed by atoms with Crippen molar-refractivity contribution in [3.63, 3.8) is 0 Å². The molecule has 0 saturated carbocycles. The third-order valence-electron chi connectivity index (χ3n) is 2.71. The first-order valence-corrected chi connectivity index (χ1v) is 7.13. The van der Waals surface area contributed by atoms with Crippen LogP contribution in [0.5, 0.6) is 0 Å². The van der Waals surface area contributed by atoms with Crippen molar-refractivity contribution in [2.45, 2.75) is 26.8 Å². The SMILES string of the molecule is CC(C)CN(CCC(=N)N)Cc1ccc(Cl)c(Cl)c1. The molecule has 0 unspecified atom stereocenters. The molecule has 3 nitrogen and oxygen atoms in total. The lowest BCUT2D eigenvalue weighted by Crippen LogP contribution is -2.30. The van der Waals surface area contributed by atoms with Crippen LogP contribution in [0.15, 0.2) is 18.2 Å². The molecule has 106 valence electrons. The summed E-state index contributed by atoms with van der Waals surface area (Å²) in [5.41, 5.74) is 6.55. The van der Waals surface area contributed by atoms with Crippen LogP contribution in [-0.4, -0.2) is 23.8 Å². The Kier molecular flexibility index (Phi) is 6.63. The molecular weight excluding hydrogens is 281 g/mol. The molecule has 0 saturated heterocycles. The van der Waals surface area contributed by atoms with E-state index in [9.17, 15) is 0 Å². The van der Waals surface area contributed by atoms with Crippen molar-refractivity contribution in [2.24, 2.45) is 11.7 Å². The van der Waals surface area contributed by atoms with Crippen LogP contribution in [0.1, 0.15) is 25.8 Å². The highest BCUT2D eigenvalue weighted by Crippen LogP contribution is 2.23.